The van der Waals surface area contributed by atoms with E-state index in [0.717, 1.165) is 22.8 Å². The molecule has 4 rings (SSSR count). The third-order valence-electron chi connectivity index (χ3n) is 4.39. The van der Waals surface area contributed by atoms with Crippen LogP contribution in [0, 0.1) is 13.8 Å². The van der Waals surface area contributed by atoms with Gasteiger partial charge in [0.1, 0.15) is 5.82 Å². The molecular formula is C20H19N3OS. The van der Waals surface area contributed by atoms with Crippen LogP contribution in [0.1, 0.15) is 27.6 Å². The van der Waals surface area contributed by atoms with Crippen LogP contribution < -0.4 is 5.32 Å². The molecule has 1 aliphatic rings. The molecule has 2 aromatic carbocycles. The van der Waals surface area contributed by atoms with Crippen LogP contribution in [0.4, 0.5) is 5.82 Å². The molecule has 1 aliphatic heterocycles. The van der Waals surface area contributed by atoms with Gasteiger partial charge in [0.25, 0.3) is 0 Å². The number of anilines is 1. The zero-order valence-electron chi connectivity index (χ0n) is 14.2. The zero-order valence-corrected chi connectivity index (χ0v) is 15.0. The Labute approximate surface area is 151 Å². The van der Waals surface area contributed by atoms with E-state index in [1.165, 1.54) is 11.1 Å². The molecule has 0 bridgehead atoms. The number of hydrogen-bond donors (Lipinski definition) is 1. The number of para-hydroxylation sites is 1. The van der Waals surface area contributed by atoms with Gasteiger partial charge in [-0.05, 0) is 31.5 Å². The topological polar surface area (TPSA) is 46.9 Å². The molecule has 126 valence electrons. The Balaban J connectivity index is 1.88. The quantitative estimate of drug-likeness (QED) is 0.752. The highest BCUT2D eigenvalue weighted by Crippen LogP contribution is 2.43. The highest BCUT2D eigenvalue weighted by atomic mass is 32.2. The van der Waals surface area contributed by atoms with Gasteiger partial charge in [-0.25, -0.2) is 4.68 Å². The summed E-state index contributed by atoms with van der Waals surface area (Å²) in [4.78, 5) is 12.3. The summed E-state index contributed by atoms with van der Waals surface area (Å²) >= 11 is 1.65. The van der Waals surface area contributed by atoms with Crippen LogP contribution in [-0.4, -0.2) is 21.4 Å². The van der Waals surface area contributed by atoms with Gasteiger partial charge in [0, 0.05) is 5.56 Å². The molecule has 25 heavy (non-hydrogen) atoms. The molecule has 2 heterocycles. The Hall–Kier alpha value is -2.53. The second-order valence-corrected chi connectivity index (χ2v) is 7.34. The van der Waals surface area contributed by atoms with Crippen molar-refractivity contribution in [2.24, 2.45) is 0 Å². The van der Waals surface area contributed by atoms with Gasteiger partial charge in [-0.2, -0.15) is 5.10 Å². The lowest BCUT2D eigenvalue weighted by atomic mass is 10.0. The zero-order chi connectivity index (χ0) is 17.4. The van der Waals surface area contributed by atoms with E-state index in [1.54, 1.807) is 11.8 Å². The van der Waals surface area contributed by atoms with Crippen molar-refractivity contribution in [2.45, 2.75) is 19.1 Å². The van der Waals surface area contributed by atoms with Gasteiger partial charge in [-0.1, -0.05) is 48.0 Å². The van der Waals surface area contributed by atoms with Gasteiger partial charge in [-0.15, -0.1) is 11.8 Å². The molecule has 0 radical (unpaired) electrons. The molecule has 1 aromatic heterocycles. The molecule has 3 aromatic rings. The molecule has 0 unspecified atom stereocenters. The Morgan fingerprint density at radius 3 is 2.52 bits per heavy atom. The number of fused-ring (bicyclic) bond motifs is 1. The second kappa shape index (κ2) is 6.41. The number of aryl methyl sites for hydroxylation is 2. The van der Waals surface area contributed by atoms with Crippen LogP contribution in [0.25, 0.3) is 5.69 Å². The third kappa shape index (κ3) is 2.96. The Kier molecular flexibility index (Phi) is 4.09. The lowest BCUT2D eigenvalue weighted by Crippen LogP contribution is -2.15. The van der Waals surface area contributed by atoms with Crippen LogP contribution in [0.15, 0.2) is 54.6 Å². The van der Waals surface area contributed by atoms with Crippen LogP contribution in [0.3, 0.4) is 0 Å². The lowest BCUT2D eigenvalue weighted by Gasteiger charge is -2.15. The Morgan fingerprint density at radius 2 is 1.80 bits per heavy atom. The average Bonchev–Trinajstić information content (AvgIpc) is 2.83. The number of thioether (sulfide) groups is 1. The fourth-order valence-corrected chi connectivity index (χ4v) is 4.33. The number of nitrogens with zero attached hydrogens (tertiary/aromatic N) is 2. The smallest absolute Gasteiger partial charge is 0.235 e. The van der Waals surface area contributed by atoms with E-state index >= 15 is 0 Å². The van der Waals surface area contributed by atoms with Crippen molar-refractivity contribution in [1.29, 1.82) is 0 Å². The van der Waals surface area contributed by atoms with E-state index in [2.05, 4.69) is 36.5 Å². The SMILES string of the molecule is Cc1ccc([C@H]2SCC(=O)Nc3c2c(C)nn3-c2ccccc2)cc1. The van der Waals surface area contributed by atoms with Crippen molar-refractivity contribution in [3.05, 3.63) is 77.0 Å². The van der Waals surface area contributed by atoms with Crippen molar-refractivity contribution >= 4 is 23.5 Å². The van der Waals surface area contributed by atoms with Crippen LogP contribution >= 0.6 is 11.8 Å². The van der Waals surface area contributed by atoms with E-state index in [1.807, 2.05) is 41.9 Å². The van der Waals surface area contributed by atoms with Crippen molar-refractivity contribution in [1.82, 2.24) is 9.78 Å². The summed E-state index contributed by atoms with van der Waals surface area (Å²) < 4.78 is 1.84. The molecule has 0 fully saturated rings. The second-order valence-electron chi connectivity index (χ2n) is 6.24. The summed E-state index contributed by atoms with van der Waals surface area (Å²) in [5, 5.41) is 7.87. The molecular weight excluding hydrogens is 330 g/mol. The highest BCUT2D eigenvalue weighted by molar-refractivity contribution is 8.00. The van der Waals surface area contributed by atoms with Gasteiger partial charge in [0.05, 0.1) is 22.4 Å². The Bertz CT molecular complexity index is 916. The molecule has 0 aliphatic carbocycles. The fourth-order valence-electron chi connectivity index (χ4n) is 3.14. The van der Waals surface area contributed by atoms with E-state index in [4.69, 9.17) is 5.10 Å². The minimum atomic E-state index is 0.0120. The number of rotatable bonds is 2. The van der Waals surface area contributed by atoms with Gasteiger partial charge >= 0.3 is 0 Å². The summed E-state index contributed by atoms with van der Waals surface area (Å²) in [6.07, 6.45) is 0. The minimum absolute atomic E-state index is 0.0120. The van der Waals surface area contributed by atoms with E-state index in [9.17, 15) is 4.79 Å². The van der Waals surface area contributed by atoms with E-state index in [-0.39, 0.29) is 11.2 Å². The summed E-state index contributed by atoms with van der Waals surface area (Å²) in [5.74, 6) is 1.23. The van der Waals surface area contributed by atoms with Gasteiger partial charge in [0.15, 0.2) is 0 Å². The number of nitrogens with one attached hydrogen (secondary N) is 1. The fraction of sp³-hybridized carbons (Fsp3) is 0.200. The maximum Gasteiger partial charge on any atom is 0.235 e. The van der Waals surface area contributed by atoms with Crippen molar-refractivity contribution in [3.8, 4) is 5.69 Å². The van der Waals surface area contributed by atoms with Crippen LogP contribution in [-0.2, 0) is 4.79 Å². The van der Waals surface area contributed by atoms with Gasteiger partial charge < -0.3 is 5.32 Å². The van der Waals surface area contributed by atoms with Gasteiger partial charge in [0.2, 0.25) is 5.91 Å². The molecule has 0 spiro atoms. The summed E-state index contributed by atoms with van der Waals surface area (Å²) in [5.41, 5.74) is 5.40. The first-order valence-corrected chi connectivity index (χ1v) is 9.31. The third-order valence-corrected chi connectivity index (χ3v) is 5.66. The van der Waals surface area contributed by atoms with Gasteiger partial charge in [-0.3, -0.25) is 4.79 Å². The maximum atomic E-state index is 12.3. The predicted octanol–water partition coefficient (Wildman–Crippen LogP) is 4.26. The highest BCUT2D eigenvalue weighted by Gasteiger charge is 2.30. The average molecular weight is 349 g/mol. The molecule has 0 saturated heterocycles. The van der Waals surface area contributed by atoms with Crippen molar-refractivity contribution in [2.75, 3.05) is 11.1 Å². The monoisotopic (exact) mass is 349 g/mol. The van der Waals surface area contributed by atoms with Crippen LogP contribution in [0.5, 0.6) is 0 Å². The number of amides is 1. The molecule has 1 amide bonds. The minimum Gasteiger partial charge on any atom is -0.310 e. The summed E-state index contributed by atoms with van der Waals surface area (Å²) in [6, 6.07) is 18.4. The van der Waals surface area contributed by atoms with E-state index in [0.29, 0.717) is 5.75 Å². The van der Waals surface area contributed by atoms with E-state index < -0.39 is 0 Å². The first-order valence-electron chi connectivity index (χ1n) is 8.26. The van der Waals surface area contributed by atoms with Crippen molar-refractivity contribution < 1.29 is 4.79 Å². The number of aromatic nitrogens is 2. The lowest BCUT2D eigenvalue weighted by molar-refractivity contribution is -0.113. The van der Waals surface area contributed by atoms with Crippen molar-refractivity contribution in [3.63, 3.8) is 0 Å². The number of carbonyl (C=O) groups is 1. The first kappa shape index (κ1) is 16.0. The van der Waals surface area contributed by atoms with Crippen LogP contribution in [0.2, 0.25) is 0 Å². The molecule has 4 nitrogen and oxygen atoms in total. The summed E-state index contributed by atoms with van der Waals surface area (Å²) in [6.45, 7) is 4.09. The largest absolute Gasteiger partial charge is 0.310 e. The molecule has 1 N–H and O–H groups in total. The standard InChI is InChI=1S/C20H19N3OS/c1-13-8-10-15(11-9-13)19-18-14(2)22-23(16-6-4-3-5-7-16)20(18)21-17(24)12-25-19/h3-11,19H,12H2,1-2H3,(H,21,24)/t19-/m1/s1. The molecule has 0 saturated carbocycles. The number of hydrogen-bond acceptors (Lipinski definition) is 3. The number of benzene rings is 2. The summed E-state index contributed by atoms with van der Waals surface area (Å²) in [7, 11) is 0. The molecule has 1 atom stereocenters. The first-order chi connectivity index (χ1) is 12.1. The normalized spacial score (nSPS) is 16.9. The maximum absolute atomic E-state index is 12.3. The Morgan fingerprint density at radius 1 is 1.08 bits per heavy atom. The molecule has 5 heteroatoms. The predicted molar refractivity (Wildman–Crippen MR) is 102 cm³/mol. The number of carbonyl (C=O) groups excluding carboxylic acids is 1.